The topological polar surface area (TPSA) is 73.9 Å². The molecule has 0 radical (unpaired) electrons. The van der Waals surface area contributed by atoms with Gasteiger partial charge in [-0.3, -0.25) is 4.79 Å². The van der Waals surface area contributed by atoms with Crippen LogP contribution in [0.5, 0.6) is 11.5 Å². The Bertz CT molecular complexity index is 857. The third-order valence-corrected chi connectivity index (χ3v) is 4.45. The standard InChI is InChI=1S/C19H18N2O3S/c1-12-3-5-13(6-4-12)11-24-15-8-7-14(9-16(15)23-2)10-17-18(22)21-19(20)25-17/h3-10H,11H2,1-2H3,(H2,20,21,22). The first kappa shape index (κ1) is 17.1. The average Bonchev–Trinajstić information content (AvgIpc) is 2.92. The summed E-state index contributed by atoms with van der Waals surface area (Å²) in [6.45, 7) is 2.50. The summed E-state index contributed by atoms with van der Waals surface area (Å²) in [6.07, 6.45) is 1.74. The Morgan fingerprint density at radius 3 is 2.56 bits per heavy atom. The van der Waals surface area contributed by atoms with Gasteiger partial charge in [-0.05, 0) is 48.0 Å². The molecule has 2 aromatic rings. The van der Waals surface area contributed by atoms with Crippen LogP contribution in [-0.2, 0) is 11.4 Å². The monoisotopic (exact) mass is 354 g/mol. The van der Waals surface area contributed by atoms with Gasteiger partial charge in [-0.2, -0.15) is 4.99 Å². The van der Waals surface area contributed by atoms with Gasteiger partial charge in [0.15, 0.2) is 16.7 Å². The Labute approximate surface area is 150 Å². The van der Waals surface area contributed by atoms with Gasteiger partial charge in [-0.1, -0.05) is 35.9 Å². The van der Waals surface area contributed by atoms with Crippen molar-refractivity contribution in [2.75, 3.05) is 7.11 Å². The molecule has 1 amide bonds. The Morgan fingerprint density at radius 1 is 1.16 bits per heavy atom. The molecule has 3 rings (SSSR count). The molecule has 1 aliphatic heterocycles. The Morgan fingerprint density at radius 2 is 1.92 bits per heavy atom. The summed E-state index contributed by atoms with van der Waals surface area (Å²) in [6, 6.07) is 13.7. The van der Waals surface area contributed by atoms with Crippen molar-refractivity contribution in [1.82, 2.24) is 0 Å². The van der Waals surface area contributed by atoms with E-state index < -0.39 is 0 Å². The van der Waals surface area contributed by atoms with Crippen LogP contribution in [0, 0.1) is 6.92 Å². The first-order chi connectivity index (χ1) is 12.0. The van der Waals surface area contributed by atoms with Gasteiger partial charge >= 0.3 is 0 Å². The average molecular weight is 354 g/mol. The summed E-state index contributed by atoms with van der Waals surface area (Å²) in [5.41, 5.74) is 8.67. The van der Waals surface area contributed by atoms with E-state index in [0.29, 0.717) is 23.0 Å². The zero-order valence-electron chi connectivity index (χ0n) is 14.0. The highest BCUT2D eigenvalue weighted by Gasteiger charge is 2.19. The van der Waals surface area contributed by atoms with E-state index in [-0.39, 0.29) is 11.1 Å². The summed E-state index contributed by atoms with van der Waals surface area (Å²) in [5.74, 6) is 0.929. The molecule has 0 aromatic heterocycles. The number of ether oxygens (including phenoxy) is 2. The zero-order chi connectivity index (χ0) is 17.8. The molecule has 25 heavy (non-hydrogen) atoms. The van der Waals surface area contributed by atoms with Gasteiger partial charge in [0.25, 0.3) is 5.91 Å². The van der Waals surface area contributed by atoms with E-state index in [1.54, 1.807) is 13.2 Å². The third kappa shape index (κ3) is 4.22. The van der Waals surface area contributed by atoms with Gasteiger partial charge in [0.05, 0.1) is 12.0 Å². The number of benzene rings is 2. The second-order valence-electron chi connectivity index (χ2n) is 5.55. The number of nitrogens with two attached hydrogens (primary N) is 1. The number of thioether (sulfide) groups is 1. The maximum Gasteiger partial charge on any atom is 0.286 e. The fraction of sp³-hybridized carbons (Fsp3) is 0.158. The van der Waals surface area contributed by atoms with Gasteiger partial charge < -0.3 is 15.2 Å². The minimum atomic E-state index is -0.318. The van der Waals surface area contributed by atoms with Crippen LogP contribution in [0.2, 0.25) is 0 Å². The number of aryl methyl sites for hydroxylation is 1. The molecule has 2 N–H and O–H groups in total. The molecule has 128 valence electrons. The normalized spacial score (nSPS) is 15.4. The van der Waals surface area contributed by atoms with Crippen molar-refractivity contribution in [3.05, 3.63) is 64.1 Å². The zero-order valence-corrected chi connectivity index (χ0v) is 14.8. The van der Waals surface area contributed by atoms with E-state index in [2.05, 4.69) is 17.1 Å². The molecule has 0 saturated carbocycles. The molecule has 5 nitrogen and oxygen atoms in total. The molecule has 2 aromatic carbocycles. The highest BCUT2D eigenvalue weighted by molar-refractivity contribution is 8.18. The Balaban J connectivity index is 1.74. The van der Waals surface area contributed by atoms with E-state index in [4.69, 9.17) is 15.2 Å². The highest BCUT2D eigenvalue weighted by Crippen LogP contribution is 2.32. The molecule has 0 fully saturated rings. The van der Waals surface area contributed by atoms with Crippen LogP contribution in [-0.4, -0.2) is 18.2 Å². The first-order valence-corrected chi connectivity index (χ1v) is 8.51. The second-order valence-corrected chi connectivity index (χ2v) is 6.61. The fourth-order valence-corrected chi connectivity index (χ4v) is 3.00. The van der Waals surface area contributed by atoms with E-state index in [9.17, 15) is 4.79 Å². The van der Waals surface area contributed by atoms with Crippen LogP contribution in [0.15, 0.2) is 52.4 Å². The number of amidine groups is 1. The summed E-state index contributed by atoms with van der Waals surface area (Å²) in [4.78, 5) is 15.9. The minimum Gasteiger partial charge on any atom is -0.493 e. The smallest absolute Gasteiger partial charge is 0.286 e. The fourth-order valence-electron chi connectivity index (χ4n) is 2.32. The van der Waals surface area contributed by atoms with Crippen LogP contribution < -0.4 is 15.2 Å². The van der Waals surface area contributed by atoms with Crippen molar-refractivity contribution in [2.24, 2.45) is 10.7 Å². The SMILES string of the molecule is COc1cc(C=C2SC(N)=NC2=O)ccc1OCc1ccc(C)cc1. The maximum absolute atomic E-state index is 11.7. The van der Waals surface area contributed by atoms with Gasteiger partial charge in [0.1, 0.15) is 6.61 Å². The lowest BCUT2D eigenvalue weighted by molar-refractivity contribution is -0.113. The van der Waals surface area contributed by atoms with Crippen LogP contribution in [0.4, 0.5) is 0 Å². The van der Waals surface area contributed by atoms with Crippen molar-refractivity contribution >= 4 is 28.9 Å². The quantitative estimate of drug-likeness (QED) is 0.832. The Kier molecular flexibility index (Phi) is 5.09. The number of nitrogens with zero attached hydrogens (tertiary/aromatic N) is 1. The van der Waals surface area contributed by atoms with Crippen LogP contribution >= 0.6 is 11.8 Å². The predicted octanol–water partition coefficient (Wildman–Crippen LogP) is 3.51. The van der Waals surface area contributed by atoms with Crippen LogP contribution in [0.1, 0.15) is 16.7 Å². The lowest BCUT2D eigenvalue weighted by atomic mass is 10.1. The van der Waals surface area contributed by atoms with Crippen LogP contribution in [0.25, 0.3) is 6.08 Å². The van der Waals surface area contributed by atoms with Gasteiger partial charge in [-0.15, -0.1) is 0 Å². The lowest BCUT2D eigenvalue weighted by Crippen LogP contribution is -2.01. The molecule has 1 heterocycles. The molecule has 0 atom stereocenters. The number of amides is 1. The number of hydrogen-bond acceptors (Lipinski definition) is 5. The lowest BCUT2D eigenvalue weighted by Gasteiger charge is -2.11. The molecule has 1 aliphatic rings. The van der Waals surface area contributed by atoms with Crippen molar-refractivity contribution < 1.29 is 14.3 Å². The Hall–Kier alpha value is -2.73. The summed E-state index contributed by atoms with van der Waals surface area (Å²) in [5, 5.41) is 0.265. The summed E-state index contributed by atoms with van der Waals surface area (Å²) >= 11 is 1.16. The number of carbonyl (C=O) groups excluding carboxylic acids is 1. The molecule has 0 spiro atoms. The first-order valence-electron chi connectivity index (χ1n) is 7.69. The predicted molar refractivity (Wildman–Crippen MR) is 101 cm³/mol. The number of rotatable bonds is 5. The van der Waals surface area contributed by atoms with Crippen molar-refractivity contribution in [3.63, 3.8) is 0 Å². The van der Waals surface area contributed by atoms with Gasteiger partial charge in [0, 0.05) is 0 Å². The molecule has 0 bridgehead atoms. The van der Waals surface area contributed by atoms with Crippen molar-refractivity contribution in [2.45, 2.75) is 13.5 Å². The molecule has 6 heteroatoms. The highest BCUT2D eigenvalue weighted by atomic mass is 32.2. The van der Waals surface area contributed by atoms with E-state index in [1.807, 2.05) is 37.3 Å². The molecular formula is C19H18N2O3S. The summed E-state index contributed by atoms with van der Waals surface area (Å²) < 4.78 is 11.3. The van der Waals surface area contributed by atoms with E-state index >= 15 is 0 Å². The minimum absolute atomic E-state index is 0.265. The number of hydrogen-bond donors (Lipinski definition) is 1. The number of carbonyl (C=O) groups is 1. The molecule has 0 saturated heterocycles. The maximum atomic E-state index is 11.7. The van der Waals surface area contributed by atoms with E-state index in [0.717, 1.165) is 22.9 Å². The largest absolute Gasteiger partial charge is 0.493 e. The number of aliphatic imine (C=N–C) groups is 1. The van der Waals surface area contributed by atoms with Crippen LogP contribution in [0.3, 0.4) is 0 Å². The summed E-state index contributed by atoms with van der Waals surface area (Å²) in [7, 11) is 1.58. The molecular weight excluding hydrogens is 336 g/mol. The van der Waals surface area contributed by atoms with Gasteiger partial charge in [-0.25, -0.2) is 0 Å². The van der Waals surface area contributed by atoms with Crippen molar-refractivity contribution in [3.8, 4) is 11.5 Å². The van der Waals surface area contributed by atoms with Crippen molar-refractivity contribution in [1.29, 1.82) is 0 Å². The molecule has 0 aliphatic carbocycles. The van der Waals surface area contributed by atoms with E-state index in [1.165, 1.54) is 5.56 Å². The number of methoxy groups -OCH3 is 1. The third-order valence-electron chi connectivity index (χ3n) is 3.64. The molecule has 0 unspecified atom stereocenters. The van der Waals surface area contributed by atoms with Gasteiger partial charge in [0.2, 0.25) is 0 Å². The second kappa shape index (κ2) is 7.44.